The summed E-state index contributed by atoms with van der Waals surface area (Å²) < 4.78 is 0. The second-order valence-corrected chi connectivity index (χ2v) is 4.12. The molecule has 1 heterocycles. The van der Waals surface area contributed by atoms with Crippen LogP contribution in [-0.2, 0) is 0 Å². The predicted molar refractivity (Wildman–Crippen MR) is 63.2 cm³/mol. The highest BCUT2D eigenvalue weighted by atomic mass is 35.5. The van der Waals surface area contributed by atoms with E-state index < -0.39 is 4.92 Å². The molecule has 2 aromatic rings. The maximum Gasteiger partial charge on any atom is 0.306 e. The summed E-state index contributed by atoms with van der Waals surface area (Å²) in [5.74, 6) is 0. The Morgan fingerprint density at radius 1 is 1.38 bits per heavy atom. The molecule has 82 valence electrons. The smallest absolute Gasteiger partial charge is 0.258 e. The SMILES string of the molecule is Cc1cc2c(Cl)c([N+](=O)[O-])cnc2cc1Cl. The fourth-order valence-corrected chi connectivity index (χ4v) is 1.83. The Kier molecular flexibility index (Phi) is 2.69. The molecule has 0 fully saturated rings. The van der Waals surface area contributed by atoms with Crippen LogP contribution >= 0.6 is 23.2 Å². The van der Waals surface area contributed by atoms with Crippen molar-refractivity contribution in [1.82, 2.24) is 4.98 Å². The van der Waals surface area contributed by atoms with Gasteiger partial charge in [0.1, 0.15) is 11.2 Å². The molecule has 0 unspecified atom stereocenters. The number of nitrogens with zero attached hydrogens (tertiary/aromatic N) is 2. The quantitative estimate of drug-likeness (QED) is 0.577. The summed E-state index contributed by atoms with van der Waals surface area (Å²) in [7, 11) is 0. The van der Waals surface area contributed by atoms with E-state index in [0.717, 1.165) is 11.8 Å². The molecule has 4 nitrogen and oxygen atoms in total. The number of fused-ring (bicyclic) bond motifs is 1. The van der Waals surface area contributed by atoms with Crippen LogP contribution in [0.3, 0.4) is 0 Å². The Hall–Kier alpha value is -1.39. The minimum atomic E-state index is -0.557. The lowest BCUT2D eigenvalue weighted by Gasteiger charge is -2.03. The monoisotopic (exact) mass is 256 g/mol. The third-order valence-corrected chi connectivity index (χ3v) is 3.07. The van der Waals surface area contributed by atoms with Crippen LogP contribution < -0.4 is 0 Å². The highest BCUT2D eigenvalue weighted by Crippen LogP contribution is 2.33. The molecule has 0 amide bonds. The topological polar surface area (TPSA) is 56.0 Å². The lowest BCUT2D eigenvalue weighted by Crippen LogP contribution is -1.92. The van der Waals surface area contributed by atoms with Crippen molar-refractivity contribution in [1.29, 1.82) is 0 Å². The maximum atomic E-state index is 10.7. The van der Waals surface area contributed by atoms with Crippen molar-refractivity contribution in [2.75, 3.05) is 0 Å². The Morgan fingerprint density at radius 3 is 2.69 bits per heavy atom. The van der Waals surface area contributed by atoms with E-state index in [2.05, 4.69) is 4.98 Å². The summed E-state index contributed by atoms with van der Waals surface area (Å²) in [5, 5.41) is 11.9. The van der Waals surface area contributed by atoms with E-state index in [4.69, 9.17) is 23.2 Å². The van der Waals surface area contributed by atoms with Gasteiger partial charge in [-0.05, 0) is 24.6 Å². The number of nitro groups is 1. The third kappa shape index (κ3) is 1.70. The number of aromatic nitrogens is 1. The van der Waals surface area contributed by atoms with Crippen LogP contribution in [0.2, 0.25) is 10.0 Å². The molecule has 0 spiro atoms. The van der Waals surface area contributed by atoms with Gasteiger partial charge in [0.15, 0.2) is 0 Å². The summed E-state index contributed by atoms with van der Waals surface area (Å²) in [6.07, 6.45) is 1.14. The van der Waals surface area contributed by atoms with E-state index in [-0.39, 0.29) is 10.7 Å². The standard InChI is InChI=1S/C10H6Cl2N2O2/c1-5-2-6-8(3-7(5)11)13-4-9(10(6)12)14(15)16/h2-4H,1H3. The van der Waals surface area contributed by atoms with E-state index in [9.17, 15) is 10.1 Å². The van der Waals surface area contributed by atoms with Gasteiger partial charge in [0, 0.05) is 10.4 Å². The molecule has 0 atom stereocenters. The van der Waals surface area contributed by atoms with Gasteiger partial charge in [-0.1, -0.05) is 23.2 Å². The van der Waals surface area contributed by atoms with E-state index in [1.165, 1.54) is 0 Å². The minimum absolute atomic E-state index is 0.0924. The molecule has 0 saturated carbocycles. The average molecular weight is 257 g/mol. The Bertz CT molecular complexity index is 599. The second-order valence-electron chi connectivity index (χ2n) is 3.33. The molecule has 1 aromatic carbocycles. The van der Waals surface area contributed by atoms with Crippen molar-refractivity contribution in [3.8, 4) is 0 Å². The molecule has 16 heavy (non-hydrogen) atoms. The first-order valence-corrected chi connectivity index (χ1v) is 5.15. The number of hydrogen-bond donors (Lipinski definition) is 0. The first kappa shape index (κ1) is 11.1. The highest BCUT2D eigenvalue weighted by molar-refractivity contribution is 6.38. The molecule has 0 aliphatic heterocycles. The molecule has 2 rings (SSSR count). The number of rotatable bonds is 1. The Labute approximate surface area is 101 Å². The molecule has 1 aromatic heterocycles. The molecule has 0 aliphatic carbocycles. The minimum Gasteiger partial charge on any atom is -0.258 e. The summed E-state index contributed by atoms with van der Waals surface area (Å²) in [6.45, 7) is 1.80. The van der Waals surface area contributed by atoms with Gasteiger partial charge in [0.25, 0.3) is 0 Å². The molecular weight excluding hydrogens is 251 g/mol. The van der Waals surface area contributed by atoms with Crippen LogP contribution in [0.4, 0.5) is 5.69 Å². The molecule has 0 aliphatic rings. The first-order valence-electron chi connectivity index (χ1n) is 4.39. The van der Waals surface area contributed by atoms with Crippen LogP contribution in [0.25, 0.3) is 10.9 Å². The zero-order valence-electron chi connectivity index (χ0n) is 8.20. The largest absolute Gasteiger partial charge is 0.306 e. The Balaban J connectivity index is 2.84. The molecule has 0 saturated heterocycles. The maximum absolute atomic E-state index is 10.7. The molecule has 0 bridgehead atoms. The summed E-state index contributed by atoms with van der Waals surface area (Å²) >= 11 is 11.9. The number of aryl methyl sites for hydroxylation is 1. The lowest BCUT2D eigenvalue weighted by molar-refractivity contribution is -0.384. The fourth-order valence-electron chi connectivity index (χ4n) is 1.41. The number of hydrogen-bond acceptors (Lipinski definition) is 3. The van der Waals surface area contributed by atoms with Gasteiger partial charge in [-0.25, -0.2) is 4.98 Å². The van der Waals surface area contributed by atoms with Crippen molar-refractivity contribution >= 4 is 39.8 Å². The van der Waals surface area contributed by atoms with Crippen LogP contribution in [0.5, 0.6) is 0 Å². The van der Waals surface area contributed by atoms with Gasteiger partial charge in [-0.3, -0.25) is 10.1 Å². The second kappa shape index (κ2) is 3.88. The van der Waals surface area contributed by atoms with E-state index in [1.54, 1.807) is 19.1 Å². The van der Waals surface area contributed by atoms with Crippen LogP contribution in [0, 0.1) is 17.0 Å². The number of halogens is 2. The van der Waals surface area contributed by atoms with E-state index in [1.807, 2.05) is 0 Å². The van der Waals surface area contributed by atoms with E-state index in [0.29, 0.717) is 15.9 Å². The lowest BCUT2D eigenvalue weighted by atomic mass is 10.1. The normalized spacial score (nSPS) is 10.7. The average Bonchev–Trinajstić information content (AvgIpc) is 2.21. The number of benzene rings is 1. The van der Waals surface area contributed by atoms with Crippen molar-refractivity contribution in [3.63, 3.8) is 0 Å². The molecule has 0 radical (unpaired) electrons. The van der Waals surface area contributed by atoms with Crippen molar-refractivity contribution < 1.29 is 4.92 Å². The van der Waals surface area contributed by atoms with Crippen molar-refractivity contribution in [2.45, 2.75) is 6.92 Å². The van der Waals surface area contributed by atoms with Crippen molar-refractivity contribution in [2.24, 2.45) is 0 Å². The van der Waals surface area contributed by atoms with Crippen LogP contribution in [0.1, 0.15) is 5.56 Å². The van der Waals surface area contributed by atoms with Gasteiger partial charge < -0.3 is 0 Å². The van der Waals surface area contributed by atoms with Gasteiger partial charge in [-0.2, -0.15) is 0 Å². The molecule has 6 heteroatoms. The number of pyridine rings is 1. The summed E-state index contributed by atoms with van der Waals surface area (Å²) in [4.78, 5) is 14.1. The first-order chi connectivity index (χ1) is 7.50. The van der Waals surface area contributed by atoms with Crippen LogP contribution in [-0.4, -0.2) is 9.91 Å². The Morgan fingerprint density at radius 2 is 2.06 bits per heavy atom. The molecule has 0 N–H and O–H groups in total. The summed E-state index contributed by atoms with van der Waals surface area (Å²) in [5.41, 5.74) is 1.15. The third-order valence-electron chi connectivity index (χ3n) is 2.26. The van der Waals surface area contributed by atoms with Gasteiger partial charge in [0.05, 0.1) is 10.4 Å². The zero-order valence-corrected chi connectivity index (χ0v) is 9.71. The van der Waals surface area contributed by atoms with Gasteiger partial charge in [0.2, 0.25) is 0 Å². The molecular formula is C10H6Cl2N2O2. The van der Waals surface area contributed by atoms with Crippen LogP contribution in [0.15, 0.2) is 18.3 Å². The zero-order chi connectivity index (χ0) is 11.9. The van der Waals surface area contributed by atoms with E-state index >= 15 is 0 Å². The van der Waals surface area contributed by atoms with Gasteiger partial charge in [-0.15, -0.1) is 0 Å². The van der Waals surface area contributed by atoms with Gasteiger partial charge >= 0.3 is 5.69 Å². The van der Waals surface area contributed by atoms with Crippen molar-refractivity contribution in [3.05, 3.63) is 44.1 Å². The predicted octanol–water partition coefficient (Wildman–Crippen LogP) is 3.76. The highest BCUT2D eigenvalue weighted by Gasteiger charge is 2.16. The summed E-state index contributed by atoms with van der Waals surface area (Å²) in [6, 6.07) is 3.34. The fraction of sp³-hybridized carbons (Fsp3) is 0.100.